The molecule has 1 heterocycles. The third-order valence-electron chi connectivity index (χ3n) is 5.84. The summed E-state index contributed by atoms with van der Waals surface area (Å²) >= 11 is 0. The Balaban J connectivity index is 1.46. The number of aryl methyl sites for hydroxylation is 1. The van der Waals surface area contributed by atoms with Crippen molar-refractivity contribution in [3.05, 3.63) is 89.0 Å². The van der Waals surface area contributed by atoms with Crippen molar-refractivity contribution < 1.29 is 9.18 Å². The van der Waals surface area contributed by atoms with Gasteiger partial charge < -0.3 is 10.2 Å². The molecule has 6 heteroatoms. The van der Waals surface area contributed by atoms with Gasteiger partial charge in [-0.25, -0.2) is 9.07 Å². The standard InChI is InChI=1S/C25H27FN4O/c1-16-24(17(2)30(28-16)23-13-8-20(26)9-14-23)19-5-10-21(15-19)27-25(31)18-6-11-22(12-7-18)29(3)4/h5-14,19,21H,15H2,1-4H3,(H,27,31)/t19-,21+/m0/s1. The SMILES string of the molecule is Cc1nn(-c2ccc(F)cc2)c(C)c1[C@H]1C=C[C@@H](NC(=O)c2ccc(N(C)C)cc2)C1. The number of anilines is 1. The Bertz CT molecular complexity index is 1110. The first-order valence-electron chi connectivity index (χ1n) is 10.4. The zero-order valence-electron chi connectivity index (χ0n) is 18.3. The predicted octanol–water partition coefficient (Wildman–Crippen LogP) is 4.54. The van der Waals surface area contributed by atoms with Crippen LogP contribution in [0.2, 0.25) is 0 Å². The van der Waals surface area contributed by atoms with Crippen molar-refractivity contribution in [2.75, 3.05) is 19.0 Å². The van der Waals surface area contributed by atoms with Crippen LogP contribution in [0.5, 0.6) is 0 Å². The minimum Gasteiger partial charge on any atom is -0.378 e. The van der Waals surface area contributed by atoms with Gasteiger partial charge in [-0.3, -0.25) is 4.79 Å². The van der Waals surface area contributed by atoms with Gasteiger partial charge in [-0.1, -0.05) is 12.2 Å². The van der Waals surface area contributed by atoms with Crippen molar-refractivity contribution in [2.24, 2.45) is 0 Å². The second-order valence-electron chi connectivity index (χ2n) is 8.22. The molecular formula is C25H27FN4O. The summed E-state index contributed by atoms with van der Waals surface area (Å²) in [7, 11) is 3.95. The molecule has 0 bridgehead atoms. The van der Waals surface area contributed by atoms with E-state index in [0.717, 1.165) is 34.7 Å². The Morgan fingerprint density at radius 3 is 2.39 bits per heavy atom. The molecule has 2 atom stereocenters. The number of carbonyl (C=O) groups excluding carboxylic acids is 1. The van der Waals surface area contributed by atoms with Gasteiger partial charge in [0.1, 0.15) is 5.82 Å². The number of carbonyl (C=O) groups is 1. The lowest BCUT2D eigenvalue weighted by Crippen LogP contribution is -2.32. The molecule has 0 aliphatic heterocycles. The summed E-state index contributed by atoms with van der Waals surface area (Å²) in [5.41, 5.74) is 5.68. The summed E-state index contributed by atoms with van der Waals surface area (Å²) < 4.78 is 15.1. The third-order valence-corrected chi connectivity index (χ3v) is 5.84. The molecule has 0 spiro atoms. The van der Waals surface area contributed by atoms with E-state index in [9.17, 15) is 9.18 Å². The number of nitrogens with zero attached hydrogens (tertiary/aromatic N) is 3. The fourth-order valence-electron chi connectivity index (χ4n) is 4.21. The molecule has 1 N–H and O–H groups in total. The Hall–Kier alpha value is -3.41. The minimum absolute atomic E-state index is 0.0287. The van der Waals surface area contributed by atoms with Crippen LogP contribution in [0.4, 0.5) is 10.1 Å². The van der Waals surface area contributed by atoms with Gasteiger partial charge in [-0.05, 0) is 68.8 Å². The van der Waals surface area contributed by atoms with E-state index in [2.05, 4.69) is 22.6 Å². The maximum atomic E-state index is 13.3. The lowest BCUT2D eigenvalue weighted by Gasteiger charge is -2.16. The minimum atomic E-state index is -0.265. The van der Waals surface area contributed by atoms with E-state index in [1.165, 1.54) is 12.1 Å². The zero-order chi connectivity index (χ0) is 22.1. The van der Waals surface area contributed by atoms with Crippen LogP contribution in [0.15, 0.2) is 60.7 Å². The van der Waals surface area contributed by atoms with E-state index in [1.807, 2.05) is 61.8 Å². The molecule has 0 saturated carbocycles. The molecule has 0 fully saturated rings. The second kappa shape index (κ2) is 8.38. The number of hydrogen-bond donors (Lipinski definition) is 1. The topological polar surface area (TPSA) is 50.2 Å². The summed E-state index contributed by atoms with van der Waals surface area (Å²) in [6.45, 7) is 4.03. The average Bonchev–Trinajstić information content (AvgIpc) is 3.32. The van der Waals surface area contributed by atoms with Crippen LogP contribution in [0, 0.1) is 19.7 Å². The number of nitrogens with one attached hydrogen (secondary N) is 1. The van der Waals surface area contributed by atoms with Crippen LogP contribution in [-0.2, 0) is 0 Å². The van der Waals surface area contributed by atoms with E-state index in [-0.39, 0.29) is 23.7 Å². The van der Waals surface area contributed by atoms with Gasteiger partial charge >= 0.3 is 0 Å². The van der Waals surface area contributed by atoms with Crippen molar-refractivity contribution in [1.29, 1.82) is 0 Å². The number of allylic oxidation sites excluding steroid dienone is 1. The lowest BCUT2D eigenvalue weighted by atomic mass is 9.96. The Labute approximate surface area is 182 Å². The van der Waals surface area contributed by atoms with E-state index in [0.29, 0.717) is 5.56 Å². The fourth-order valence-corrected chi connectivity index (χ4v) is 4.21. The molecule has 1 aliphatic carbocycles. The van der Waals surface area contributed by atoms with Gasteiger partial charge in [0.25, 0.3) is 5.91 Å². The Morgan fingerprint density at radius 2 is 1.74 bits per heavy atom. The van der Waals surface area contributed by atoms with E-state index < -0.39 is 0 Å². The Kier molecular flexibility index (Phi) is 5.63. The van der Waals surface area contributed by atoms with Gasteiger partial charge in [0.05, 0.1) is 11.4 Å². The molecule has 5 nitrogen and oxygen atoms in total. The summed E-state index contributed by atoms with van der Waals surface area (Å²) in [6.07, 6.45) is 5.00. The first kappa shape index (κ1) is 20.8. The smallest absolute Gasteiger partial charge is 0.251 e. The maximum absolute atomic E-state index is 13.3. The molecule has 1 amide bonds. The summed E-state index contributed by atoms with van der Waals surface area (Å²) in [5.74, 6) is -0.161. The largest absolute Gasteiger partial charge is 0.378 e. The number of aromatic nitrogens is 2. The van der Waals surface area contributed by atoms with Crippen LogP contribution >= 0.6 is 0 Å². The first-order valence-corrected chi connectivity index (χ1v) is 10.4. The van der Waals surface area contributed by atoms with Gasteiger partial charge in [0.15, 0.2) is 0 Å². The zero-order valence-corrected chi connectivity index (χ0v) is 18.3. The van der Waals surface area contributed by atoms with E-state index in [1.54, 1.807) is 12.1 Å². The monoisotopic (exact) mass is 418 g/mol. The Morgan fingerprint density at radius 1 is 1.06 bits per heavy atom. The van der Waals surface area contributed by atoms with Crippen molar-refractivity contribution in [1.82, 2.24) is 15.1 Å². The fraction of sp³-hybridized carbons (Fsp3) is 0.280. The van der Waals surface area contributed by atoms with Crippen LogP contribution in [0.3, 0.4) is 0 Å². The molecule has 160 valence electrons. The molecule has 4 rings (SSSR count). The van der Waals surface area contributed by atoms with Crippen molar-refractivity contribution in [3.63, 3.8) is 0 Å². The van der Waals surface area contributed by atoms with Crippen LogP contribution in [-0.4, -0.2) is 35.8 Å². The summed E-state index contributed by atoms with van der Waals surface area (Å²) in [5, 5.41) is 7.80. The first-order chi connectivity index (χ1) is 14.8. The quantitative estimate of drug-likeness (QED) is 0.619. The van der Waals surface area contributed by atoms with Gasteiger partial charge in [-0.2, -0.15) is 5.10 Å². The van der Waals surface area contributed by atoms with Crippen molar-refractivity contribution in [3.8, 4) is 5.69 Å². The molecule has 0 unspecified atom stereocenters. The van der Waals surface area contributed by atoms with Crippen LogP contribution in [0.1, 0.15) is 39.6 Å². The molecule has 2 aromatic carbocycles. The number of amides is 1. The highest BCUT2D eigenvalue weighted by Crippen LogP contribution is 2.34. The molecule has 1 aromatic heterocycles. The highest BCUT2D eigenvalue weighted by molar-refractivity contribution is 5.94. The van der Waals surface area contributed by atoms with Crippen LogP contribution < -0.4 is 10.2 Å². The highest BCUT2D eigenvalue weighted by atomic mass is 19.1. The summed E-state index contributed by atoms with van der Waals surface area (Å²) in [6, 6.07) is 13.9. The number of benzene rings is 2. The average molecular weight is 419 g/mol. The van der Waals surface area contributed by atoms with E-state index in [4.69, 9.17) is 0 Å². The molecule has 31 heavy (non-hydrogen) atoms. The lowest BCUT2D eigenvalue weighted by molar-refractivity contribution is 0.0944. The van der Waals surface area contributed by atoms with Crippen molar-refractivity contribution in [2.45, 2.75) is 32.2 Å². The molecule has 0 saturated heterocycles. The normalized spacial score (nSPS) is 17.7. The van der Waals surface area contributed by atoms with Crippen molar-refractivity contribution >= 4 is 11.6 Å². The molecule has 1 aliphatic rings. The maximum Gasteiger partial charge on any atom is 0.251 e. The molecule has 0 radical (unpaired) electrons. The molecule has 3 aromatic rings. The second-order valence-corrected chi connectivity index (χ2v) is 8.22. The number of hydrogen-bond acceptors (Lipinski definition) is 3. The number of rotatable bonds is 5. The van der Waals surface area contributed by atoms with E-state index >= 15 is 0 Å². The third kappa shape index (κ3) is 4.24. The van der Waals surface area contributed by atoms with Gasteiger partial charge in [-0.15, -0.1) is 0 Å². The highest BCUT2D eigenvalue weighted by Gasteiger charge is 2.27. The number of halogens is 1. The van der Waals surface area contributed by atoms with Gasteiger partial charge in [0, 0.05) is 48.6 Å². The summed E-state index contributed by atoms with van der Waals surface area (Å²) in [4.78, 5) is 14.7. The predicted molar refractivity (Wildman–Crippen MR) is 122 cm³/mol. The molecular weight excluding hydrogens is 391 g/mol. The van der Waals surface area contributed by atoms with Gasteiger partial charge in [0.2, 0.25) is 0 Å². The van der Waals surface area contributed by atoms with Crippen LogP contribution in [0.25, 0.3) is 5.69 Å².